The fourth-order valence-electron chi connectivity index (χ4n) is 5.15. The molecule has 1 unspecified atom stereocenters. The van der Waals surface area contributed by atoms with Gasteiger partial charge in [0.05, 0.1) is 17.4 Å². The van der Waals surface area contributed by atoms with E-state index in [-0.39, 0.29) is 29.5 Å². The number of carbonyl (C=O) groups is 2. The van der Waals surface area contributed by atoms with Gasteiger partial charge in [-0.3, -0.25) is 19.5 Å². The first kappa shape index (κ1) is 24.8. The average molecular weight is 518 g/mol. The van der Waals surface area contributed by atoms with Crippen LogP contribution in [0.3, 0.4) is 0 Å². The predicted octanol–water partition coefficient (Wildman–Crippen LogP) is 6.18. The third-order valence-corrected chi connectivity index (χ3v) is 7.05. The van der Waals surface area contributed by atoms with E-state index in [9.17, 15) is 14.7 Å². The average Bonchev–Trinajstić information content (AvgIpc) is 2.98. The van der Waals surface area contributed by atoms with E-state index < -0.39 is 6.04 Å². The van der Waals surface area contributed by atoms with Gasteiger partial charge in [-0.05, 0) is 53.8 Å². The van der Waals surface area contributed by atoms with Crippen LogP contribution in [0.2, 0.25) is 5.02 Å². The second kappa shape index (κ2) is 9.56. The number of halogens is 1. The van der Waals surface area contributed by atoms with Crippen molar-refractivity contribution < 1.29 is 19.4 Å². The Morgan fingerprint density at radius 3 is 2.70 bits per heavy atom. The SMILES string of the molecule is CC(=O)N1c2cccc(O)c2NC2=C(C(=O)CC(C)(C)C2)C1c1ccc(OCc2ccccn2)cc1Cl. The van der Waals surface area contributed by atoms with Gasteiger partial charge >= 0.3 is 0 Å². The molecule has 0 fully saturated rings. The van der Waals surface area contributed by atoms with Crippen molar-refractivity contribution in [1.82, 2.24) is 4.98 Å². The Morgan fingerprint density at radius 1 is 1.19 bits per heavy atom. The van der Waals surface area contributed by atoms with Gasteiger partial charge in [0.2, 0.25) is 5.91 Å². The number of anilines is 2. The highest BCUT2D eigenvalue weighted by molar-refractivity contribution is 6.31. The standard InChI is InChI=1S/C29H28ClN3O4/c1-17(34)33-23-8-6-9-24(35)27(23)32-22-14-29(2,3)15-25(36)26(22)28(33)20-11-10-19(13-21(20)30)37-16-18-7-4-5-12-31-18/h4-13,28,32,35H,14-16H2,1-3H3. The van der Waals surface area contributed by atoms with Crippen molar-refractivity contribution in [3.63, 3.8) is 0 Å². The monoisotopic (exact) mass is 517 g/mol. The number of ether oxygens (including phenoxy) is 1. The number of allylic oxidation sites excluding steroid dienone is 1. The van der Waals surface area contributed by atoms with E-state index in [4.69, 9.17) is 16.3 Å². The van der Waals surface area contributed by atoms with Crippen molar-refractivity contribution in [3.05, 3.63) is 88.3 Å². The third kappa shape index (κ3) is 4.79. The van der Waals surface area contributed by atoms with Crippen LogP contribution in [0.15, 0.2) is 72.1 Å². The summed E-state index contributed by atoms with van der Waals surface area (Å²) in [6, 6.07) is 15.1. The molecule has 2 aromatic carbocycles. The van der Waals surface area contributed by atoms with E-state index in [0.29, 0.717) is 51.8 Å². The number of hydrogen-bond donors (Lipinski definition) is 2. The van der Waals surface area contributed by atoms with Crippen LogP contribution in [0.25, 0.3) is 0 Å². The van der Waals surface area contributed by atoms with Crippen molar-refractivity contribution in [1.29, 1.82) is 0 Å². The van der Waals surface area contributed by atoms with Crippen LogP contribution >= 0.6 is 11.6 Å². The molecule has 0 bridgehead atoms. The first-order valence-electron chi connectivity index (χ1n) is 12.1. The summed E-state index contributed by atoms with van der Waals surface area (Å²) in [7, 11) is 0. The van der Waals surface area contributed by atoms with Crippen LogP contribution < -0.4 is 15.0 Å². The number of rotatable bonds is 4. The lowest BCUT2D eigenvalue weighted by atomic mass is 9.73. The number of aromatic hydroxyl groups is 1. The molecule has 1 aliphatic heterocycles. The number of Topliss-reactive ketones (excluding diaryl/α,β-unsaturated/α-hetero) is 1. The zero-order valence-electron chi connectivity index (χ0n) is 20.9. The number of nitrogens with zero attached hydrogens (tertiary/aromatic N) is 2. The van der Waals surface area contributed by atoms with Gasteiger partial charge in [0.1, 0.15) is 23.8 Å². The summed E-state index contributed by atoms with van der Waals surface area (Å²) >= 11 is 6.82. The van der Waals surface area contributed by atoms with Crippen LogP contribution in [-0.4, -0.2) is 21.8 Å². The van der Waals surface area contributed by atoms with Gasteiger partial charge in [0, 0.05) is 35.8 Å². The number of carbonyl (C=O) groups excluding carboxylic acids is 2. The van der Waals surface area contributed by atoms with Crippen molar-refractivity contribution in [2.24, 2.45) is 5.41 Å². The van der Waals surface area contributed by atoms with E-state index in [2.05, 4.69) is 10.3 Å². The molecule has 0 saturated heterocycles. The maximum absolute atomic E-state index is 13.6. The minimum Gasteiger partial charge on any atom is -0.506 e. The van der Waals surface area contributed by atoms with Crippen molar-refractivity contribution in [2.45, 2.75) is 46.3 Å². The molecule has 8 heteroatoms. The van der Waals surface area contributed by atoms with Crippen molar-refractivity contribution >= 4 is 34.7 Å². The largest absolute Gasteiger partial charge is 0.506 e. The minimum atomic E-state index is -0.774. The summed E-state index contributed by atoms with van der Waals surface area (Å²) in [5.74, 6) is 0.200. The Balaban J connectivity index is 1.63. The van der Waals surface area contributed by atoms with Crippen LogP contribution in [0, 0.1) is 5.41 Å². The fourth-order valence-corrected chi connectivity index (χ4v) is 5.42. The lowest BCUT2D eigenvalue weighted by molar-refractivity contribution is -0.118. The normalized spacial score (nSPS) is 18.4. The first-order chi connectivity index (χ1) is 17.6. The maximum atomic E-state index is 13.6. The van der Waals surface area contributed by atoms with Crippen molar-refractivity contribution in [3.8, 4) is 11.5 Å². The van der Waals surface area contributed by atoms with Crippen LogP contribution in [0.1, 0.15) is 50.9 Å². The summed E-state index contributed by atoms with van der Waals surface area (Å²) in [5, 5.41) is 14.4. The number of ketones is 1. The Bertz CT molecular complexity index is 1420. The number of fused-ring (bicyclic) bond motifs is 1. The van der Waals surface area contributed by atoms with Crippen LogP contribution in [0.4, 0.5) is 11.4 Å². The molecule has 2 N–H and O–H groups in total. The van der Waals surface area contributed by atoms with Crippen LogP contribution in [0.5, 0.6) is 11.5 Å². The van der Waals surface area contributed by atoms with Gasteiger partial charge in [-0.25, -0.2) is 0 Å². The summed E-state index contributed by atoms with van der Waals surface area (Å²) in [4.78, 5) is 32.6. The Labute approximate surface area is 220 Å². The molecule has 0 spiro atoms. The first-order valence-corrected chi connectivity index (χ1v) is 12.5. The summed E-state index contributed by atoms with van der Waals surface area (Å²) in [6.07, 6.45) is 2.61. The number of amides is 1. The molecule has 2 aliphatic rings. The Hall–Kier alpha value is -3.84. The van der Waals surface area contributed by atoms with Gasteiger partial charge in [0.15, 0.2) is 5.78 Å². The molecule has 190 valence electrons. The number of phenols is 1. The number of phenolic OH excluding ortho intramolecular Hbond substituents is 1. The number of pyridine rings is 1. The Kier molecular flexibility index (Phi) is 6.42. The summed E-state index contributed by atoms with van der Waals surface area (Å²) in [5.41, 5.74) is 3.13. The molecule has 1 aliphatic carbocycles. The summed E-state index contributed by atoms with van der Waals surface area (Å²) < 4.78 is 5.89. The molecule has 3 aromatic rings. The molecule has 1 aromatic heterocycles. The number of nitrogens with one attached hydrogen (secondary N) is 1. The molecular formula is C29H28ClN3O4. The Morgan fingerprint density at radius 2 is 2.00 bits per heavy atom. The number of benzene rings is 2. The minimum absolute atomic E-state index is 0.00329. The molecule has 2 heterocycles. The smallest absolute Gasteiger partial charge is 0.224 e. The predicted molar refractivity (Wildman–Crippen MR) is 143 cm³/mol. The third-order valence-electron chi connectivity index (χ3n) is 6.73. The topological polar surface area (TPSA) is 91.8 Å². The number of para-hydroxylation sites is 1. The zero-order valence-corrected chi connectivity index (χ0v) is 21.7. The van der Waals surface area contributed by atoms with Gasteiger partial charge in [-0.2, -0.15) is 0 Å². The van der Waals surface area contributed by atoms with E-state index >= 15 is 0 Å². The van der Waals surface area contributed by atoms with Crippen molar-refractivity contribution in [2.75, 3.05) is 10.2 Å². The molecule has 5 rings (SSSR count). The molecule has 0 saturated carbocycles. The fraction of sp³-hybridized carbons (Fsp3) is 0.276. The molecule has 7 nitrogen and oxygen atoms in total. The highest BCUT2D eigenvalue weighted by atomic mass is 35.5. The van der Waals surface area contributed by atoms with E-state index in [1.165, 1.54) is 11.8 Å². The molecule has 1 amide bonds. The highest BCUT2D eigenvalue weighted by Gasteiger charge is 2.43. The van der Waals surface area contributed by atoms with Crippen LogP contribution in [-0.2, 0) is 16.2 Å². The molecule has 1 atom stereocenters. The molecular weight excluding hydrogens is 490 g/mol. The molecule has 37 heavy (non-hydrogen) atoms. The van der Waals surface area contributed by atoms with Gasteiger partial charge in [-0.15, -0.1) is 0 Å². The lowest BCUT2D eigenvalue weighted by Crippen LogP contribution is -2.38. The highest BCUT2D eigenvalue weighted by Crippen LogP contribution is 2.51. The van der Waals surface area contributed by atoms with E-state index in [1.54, 1.807) is 42.6 Å². The number of aromatic nitrogens is 1. The second-order valence-corrected chi connectivity index (χ2v) is 10.6. The van der Waals surface area contributed by atoms with Gasteiger partial charge in [0.25, 0.3) is 0 Å². The number of hydrogen-bond acceptors (Lipinski definition) is 6. The maximum Gasteiger partial charge on any atom is 0.224 e. The summed E-state index contributed by atoms with van der Waals surface area (Å²) in [6.45, 7) is 5.79. The van der Waals surface area contributed by atoms with Gasteiger partial charge in [-0.1, -0.05) is 43.6 Å². The zero-order chi connectivity index (χ0) is 26.3. The second-order valence-electron chi connectivity index (χ2n) is 10.2. The van der Waals surface area contributed by atoms with E-state index in [1.807, 2.05) is 32.0 Å². The lowest BCUT2D eigenvalue weighted by Gasteiger charge is -2.37. The quantitative estimate of drug-likeness (QED) is 0.401. The van der Waals surface area contributed by atoms with E-state index in [0.717, 1.165) is 5.69 Å². The molecule has 0 radical (unpaired) electrons. The van der Waals surface area contributed by atoms with Gasteiger partial charge < -0.3 is 15.2 Å².